The summed E-state index contributed by atoms with van der Waals surface area (Å²) in [6.07, 6.45) is -3.56. The first-order valence-corrected chi connectivity index (χ1v) is 8.14. The van der Waals surface area contributed by atoms with Crippen LogP contribution in [0.5, 0.6) is 5.75 Å². The Morgan fingerprint density at radius 2 is 2.19 bits per heavy atom. The van der Waals surface area contributed by atoms with Crippen molar-refractivity contribution < 1.29 is 23.0 Å². The smallest absolute Gasteiger partial charge is 0.263 e. The molecular formula is C17H17F3N4O2. The molecule has 0 spiro atoms. The molecule has 2 aromatic rings. The molecule has 0 bridgehead atoms. The first kappa shape index (κ1) is 16.9. The highest BCUT2D eigenvalue weighted by Crippen LogP contribution is 2.45. The molecule has 9 heteroatoms. The van der Waals surface area contributed by atoms with Crippen LogP contribution in [0.25, 0.3) is 11.3 Å². The number of methoxy groups -OCH3 is 1. The van der Waals surface area contributed by atoms with Gasteiger partial charge in [-0.25, -0.2) is 13.2 Å². The Balaban J connectivity index is 1.83. The molecule has 6 nitrogen and oxygen atoms in total. The minimum Gasteiger partial charge on any atom is -0.493 e. The first-order chi connectivity index (χ1) is 12.5. The van der Waals surface area contributed by atoms with Gasteiger partial charge in [-0.1, -0.05) is 6.07 Å². The zero-order valence-electron chi connectivity index (χ0n) is 13.9. The lowest BCUT2D eigenvalue weighted by atomic mass is 9.93. The van der Waals surface area contributed by atoms with Crippen LogP contribution in [0, 0.1) is 5.82 Å². The molecular weight excluding hydrogens is 349 g/mol. The van der Waals surface area contributed by atoms with E-state index in [2.05, 4.69) is 15.5 Å². The number of halogens is 3. The van der Waals surface area contributed by atoms with Crippen LogP contribution in [-0.4, -0.2) is 53.6 Å². The van der Waals surface area contributed by atoms with Gasteiger partial charge in [-0.15, -0.1) is 10.2 Å². The van der Waals surface area contributed by atoms with E-state index in [4.69, 9.17) is 4.74 Å². The third kappa shape index (κ3) is 2.38. The zero-order valence-corrected chi connectivity index (χ0v) is 13.9. The van der Waals surface area contributed by atoms with Gasteiger partial charge >= 0.3 is 0 Å². The summed E-state index contributed by atoms with van der Waals surface area (Å²) in [7, 11) is 1.34. The van der Waals surface area contributed by atoms with E-state index in [-0.39, 0.29) is 25.3 Å². The fourth-order valence-corrected chi connectivity index (χ4v) is 3.77. The monoisotopic (exact) mass is 366 g/mol. The molecule has 4 rings (SSSR count). The summed E-state index contributed by atoms with van der Waals surface area (Å²) in [5, 5.41) is 21.0. The third-order valence-electron chi connectivity index (χ3n) is 5.00. The summed E-state index contributed by atoms with van der Waals surface area (Å²) in [4.78, 5) is 1.48. The predicted octanol–water partition coefficient (Wildman–Crippen LogP) is 2.29. The molecule has 1 aromatic heterocycles. The molecule has 26 heavy (non-hydrogen) atoms. The Labute approximate surface area is 147 Å². The first-order valence-electron chi connectivity index (χ1n) is 8.14. The van der Waals surface area contributed by atoms with Crippen molar-refractivity contribution in [2.75, 3.05) is 30.4 Å². The maximum absolute atomic E-state index is 14.0. The van der Waals surface area contributed by atoms with E-state index in [1.165, 1.54) is 24.1 Å². The van der Waals surface area contributed by atoms with Crippen molar-refractivity contribution >= 4 is 11.5 Å². The number of nitrogens with zero attached hydrogens (tertiary/aromatic N) is 3. The average molecular weight is 366 g/mol. The molecule has 138 valence electrons. The van der Waals surface area contributed by atoms with Crippen LogP contribution in [0.15, 0.2) is 24.3 Å². The van der Waals surface area contributed by atoms with Gasteiger partial charge < -0.3 is 20.1 Å². The van der Waals surface area contributed by atoms with Gasteiger partial charge in [-0.05, 0) is 18.2 Å². The van der Waals surface area contributed by atoms with E-state index >= 15 is 0 Å². The number of para-hydroxylation sites is 1. The number of benzene rings is 1. The van der Waals surface area contributed by atoms with Crippen LogP contribution in [0.2, 0.25) is 0 Å². The van der Waals surface area contributed by atoms with Crippen LogP contribution >= 0.6 is 0 Å². The van der Waals surface area contributed by atoms with Crippen LogP contribution < -0.4 is 15.0 Å². The van der Waals surface area contributed by atoms with Gasteiger partial charge in [0, 0.05) is 25.1 Å². The quantitative estimate of drug-likeness (QED) is 0.869. The number of fused-ring (bicyclic) bond motifs is 3. The molecule has 0 amide bonds. The molecule has 0 saturated carbocycles. The Morgan fingerprint density at radius 1 is 1.38 bits per heavy atom. The predicted molar refractivity (Wildman–Crippen MR) is 89.2 cm³/mol. The highest BCUT2D eigenvalue weighted by atomic mass is 19.3. The van der Waals surface area contributed by atoms with Crippen molar-refractivity contribution in [2.24, 2.45) is 0 Å². The number of β-amino-alcohol motifs (C(OH)–C–C–N with tert-alkyl or cyclic N) is 1. The fraction of sp³-hybridized carbons (Fsp3) is 0.412. The normalized spacial score (nSPS) is 24.2. The van der Waals surface area contributed by atoms with Crippen LogP contribution in [-0.2, 0) is 0 Å². The Morgan fingerprint density at radius 3 is 2.92 bits per heavy atom. The number of aliphatic hydroxyl groups excluding tert-OH is 1. The van der Waals surface area contributed by atoms with E-state index in [9.17, 15) is 18.3 Å². The van der Waals surface area contributed by atoms with Gasteiger partial charge in [0.15, 0.2) is 17.4 Å². The zero-order chi connectivity index (χ0) is 18.5. The van der Waals surface area contributed by atoms with Crippen molar-refractivity contribution in [2.45, 2.75) is 24.5 Å². The van der Waals surface area contributed by atoms with Crippen molar-refractivity contribution in [1.82, 2.24) is 10.2 Å². The molecule has 0 aliphatic carbocycles. The molecule has 2 aliphatic rings. The maximum atomic E-state index is 14.0. The topological polar surface area (TPSA) is 70.5 Å². The number of ether oxygens (including phenoxy) is 1. The lowest BCUT2D eigenvalue weighted by molar-refractivity contribution is 0.0509. The number of rotatable bonds is 3. The van der Waals surface area contributed by atoms with Gasteiger partial charge in [-0.2, -0.15) is 0 Å². The second-order valence-electron chi connectivity index (χ2n) is 6.51. The Kier molecular flexibility index (Phi) is 3.91. The van der Waals surface area contributed by atoms with Crippen molar-refractivity contribution in [3.05, 3.63) is 30.1 Å². The number of aromatic nitrogens is 2. The van der Waals surface area contributed by atoms with Crippen LogP contribution in [0.1, 0.15) is 6.42 Å². The summed E-state index contributed by atoms with van der Waals surface area (Å²) in [6, 6.07) is 5.96. The second-order valence-corrected chi connectivity index (χ2v) is 6.51. The van der Waals surface area contributed by atoms with Gasteiger partial charge in [0.25, 0.3) is 6.43 Å². The molecule has 3 heterocycles. The highest BCUT2D eigenvalue weighted by molar-refractivity contribution is 5.78. The molecule has 0 radical (unpaired) electrons. The highest BCUT2D eigenvalue weighted by Gasteiger charge is 2.54. The van der Waals surface area contributed by atoms with E-state index in [0.717, 1.165) is 0 Å². The second kappa shape index (κ2) is 6.01. The number of hydrogen-bond donors (Lipinski definition) is 2. The van der Waals surface area contributed by atoms with E-state index in [0.29, 0.717) is 22.8 Å². The molecule has 1 aromatic carbocycles. The lowest BCUT2D eigenvalue weighted by Crippen LogP contribution is -2.57. The van der Waals surface area contributed by atoms with Crippen molar-refractivity contribution in [3.8, 4) is 17.0 Å². The number of alkyl halides is 2. The third-order valence-corrected chi connectivity index (χ3v) is 5.00. The summed E-state index contributed by atoms with van der Waals surface area (Å²) in [6.45, 7) is 0.0382. The van der Waals surface area contributed by atoms with E-state index in [1.807, 2.05) is 0 Å². The summed E-state index contributed by atoms with van der Waals surface area (Å²) >= 11 is 0. The molecule has 1 saturated heterocycles. The van der Waals surface area contributed by atoms with Crippen LogP contribution in [0.3, 0.4) is 0 Å². The fourth-order valence-electron chi connectivity index (χ4n) is 3.77. The summed E-state index contributed by atoms with van der Waals surface area (Å²) < 4.78 is 46.7. The number of hydrogen-bond acceptors (Lipinski definition) is 6. The molecule has 2 aliphatic heterocycles. The number of aliphatic hydroxyl groups is 1. The van der Waals surface area contributed by atoms with Crippen LogP contribution in [0.4, 0.5) is 24.7 Å². The summed E-state index contributed by atoms with van der Waals surface area (Å²) in [5.74, 6) is -0.192. The largest absolute Gasteiger partial charge is 0.493 e. The lowest BCUT2D eigenvalue weighted by Gasteiger charge is -2.43. The minimum atomic E-state index is -2.65. The van der Waals surface area contributed by atoms with E-state index < -0.39 is 23.9 Å². The van der Waals surface area contributed by atoms with Crippen molar-refractivity contribution in [1.29, 1.82) is 0 Å². The standard InChI is InChI=1S/C17H17F3N4O2/c1-26-14-10(3-2-4-11(14)18)12-5-13-15(23-22-12)21-8-17(16(19)20)6-9(25)7-24(13)17/h2-5,9,16,25H,6-8H2,1H3,(H,21,23)/t9-,17-/m0/s1. The molecule has 2 N–H and O–H groups in total. The maximum Gasteiger partial charge on any atom is 0.263 e. The minimum absolute atomic E-state index is 0.00657. The van der Waals surface area contributed by atoms with Gasteiger partial charge in [0.05, 0.1) is 24.6 Å². The van der Waals surface area contributed by atoms with Gasteiger partial charge in [0.1, 0.15) is 5.54 Å². The molecule has 2 atom stereocenters. The number of nitrogens with one attached hydrogen (secondary N) is 1. The van der Waals surface area contributed by atoms with E-state index in [1.54, 1.807) is 12.1 Å². The van der Waals surface area contributed by atoms with Gasteiger partial charge in [-0.3, -0.25) is 0 Å². The Hall–Kier alpha value is -2.55. The molecule has 0 unspecified atom stereocenters. The summed E-state index contributed by atoms with van der Waals surface area (Å²) in [5.41, 5.74) is -0.424. The van der Waals surface area contributed by atoms with Gasteiger partial charge in [0.2, 0.25) is 0 Å². The molecule has 1 fully saturated rings. The number of anilines is 2. The average Bonchev–Trinajstić information content (AvgIpc) is 2.99. The Bertz CT molecular complexity index is 851. The SMILES string of the molecule is COc1c(F)cccc1-c1cc2c(nn1)NC[C@]1(C(F)F)C[C@H](O)CN21. The van der Waals surface area contributed by atoms with Crippen molar-refractivity contribution in [3.63, 3.8) is 0 Å².